The Bertz CT molecular complexity index is 266. The van der Waals surface area contributed by atoms with E-state index in [4.69, 9.17) is 17.9 Å². The lowest BCUT2D eigenvalue weighted by molar-refractivity contribution is 1.17. The third kappa shape index (κ3) is 1.14. The SMILES string of the molecule is C#Cc1cc(N)nc(N)n1. The van der Waals surface area contributed by atoms with Crippen LogP contribution in [-0.4, -0.2) is 9.97 Å². The molecule has 0 unspecified atom stereocenters. The number of hydrogen-bond acceptors (Lipinski definition) is 4. The van der Waals surface area contributed by atoms with Crippen molar-refractivity contribution in [1.82, 2.24) is 9.97 Å². The fourth-order valence-corrected chi connectivity index (χ4v) is 0.559. The molecule has 1 aromatic heterocycles. The van der Waals surface area contributed by atoms with Gasteiger partial charge in [0.1, 0.15) is 11.5 Å². The minimum atomic E-state index is 0.105. The van der Waals surface area contributed by atoms with Crippen molar-refractivity contribution in [2.75, 3.05) is 11.5 Å². The van der Waals surface area contributed by atoms with Gasteiger partial charge >= 0.3 is 0 Å². The number of aromatic nitrogens is 2. The van der Waals surface area contributed by atoms with Crippen LogP contribution in [-0.2, 0) is 0 Å². The van der Waals surface area contributed by atoms with Crippen molar-refractivity contribution in [2.45, 2.75) is 0 Å². The summed E-state index contributed by atoms with van der Waals surface area (Å²) >= 11 is 0. The van der Waals surface area contributed by atoms with Crippen molar-refractivity contribution < 1.29 is 0 Å². The molecule has 0 saturated heterocycles. The first kappa shape index (κ1) is 6.36. The highest BCUT2D eigenvalue weighted by atomic mass is 15.0. The van der Waals surface area contributed by atoms with Crippen LogP contribution in [0.4, 0.5) is 11.8 Å². The molecule has 0 atom stereocenters. The van der Waals surface area contributed by atoms with E-state index in [1.165, 1.54) is 6.07 Å². The molecular formula is C6H6N4. The predicted octanol–water partition coefficient (Wildman–Crippen LogP) is -0.378. The van der Waals surface area contributed by atoms with Crippen LogP contribution >= 0.6 is 0 Å². The Morgan fingerprint density at radius 1 is 1.40 bits per heavy atom. The zero-order valence-corrected chi connectivity index (χ0v) is 5.20. The van der Waals surface area contributed by atoms with Crippen molar-refractivity contribution in [1.29, 1.82) is 0 Å². The molecule has 4 N–H and O–H groups in total. The molecule has 1 aromatic rings. The molecule has 0 fully saturated rings. The molecule has 0 aliphatic carbocycles. The first-order chi connectivity index (χ1) is 4.72. The van der Waals surface area contributed by atoms with Gasteiger partial charge in [0.25, 0.3) is 0 Å². The van der Waals surface area contributed by atoms with Crippen molar-refractivity contribution >= 4 is 11.8 Å². The minimum Gasteiger partial charge on any atom is -0.383 e. The molecular weight excluding hydrogens is 128 g/mol. The highest BCUT2D eigenvalue weighted by Crippen LogP contribution is 2.01. The maximum atomic E-state index is 5.31. The summed E-state index contributed by atoms with van der Waals surface area (Å²) in [4.78, 5) is 7.33. The standard InChI is InChI=1S/C6H6N4/c1-2-4-3-5(7)10-6(8)9-4/h1,3H,(H4,7,8,9,10). The van der Waals surface area contributed by atoms with Crippen LogP contribution in [0.1, 0.15) is 5.69 Å². The molecule has 50 valence electrons. The van der Waals surface area contributed by atoms with Gasteiger partial charge in [0.15, 0.2) is 0 Å². The number of rotatable bonds is 0. The van der Waals surface area contributed by atoms with Crippen LogP contribution in [0.25, 0.3) is 0 Å². The highest BCUT2D eigenvalue weighted by molar-refractivity contribution is 5.41. The number of nitrogen functional groups attached to an aromatic ring is 2. The van der Waals surface area contributed by atoms with Crippen LogP contribution in [0.5, 0.6) is 0 Å². The van der Waals surface area contributed by atoms with Gasteiger partial charge in [-0.25, -0.2) is 4.98 Å². The molecule has 0 radical (unpaired) electrons. The van der Waals surface area contributed by atoms with Gasteiger partial charge in [-0.1, -0.05) is 0 Å². The fraction of sp³-hybridized carbons (Fsp3) is 0. The second kappa shape index (κ2) is 2.23. The lowest BCUT2D eigenvalue weighted by Crippen LogP contribution is -2.00. The van der Waals surface area contributed by atoms with E-state index >= 15 is 0 Å². The Morgan fingerprint density at radius 3 is 2.60 bits per heavy atom. The van der Waals surface area contributed by atoms with Crippen LogP contribution < -0.4 is 11.5 Å². The second-order valence-electron chi connectivity index (χ2n) is 1.68. The Hall–Kier alpha value is -1.76. The number of hydrogen-bond donors (Lipinski definition) is 2. The monoisotopic (exact) mass is 134 g/mol. The normalized spacial score (nSPS) is 8.70. The van der Waals surface area contributed by atoms with E-state index in [9.17, 15) is 0 Å². The van der Waals surface area contributed by atoms with Gasteiger partial charge in [-0.3, -0.25) is 0 Å². The zero-order valence-electron chi connectivity index (χ0n) is 5.20. The Morgan fingerprint density at radius 2 is 2.10 bits per heavy atom. The van der Waals surface area contributed by atoms with E-state index in [1.807, 2.05) is 0 Å². The summed E-state index contributed by atoms with van der Waals surface area (Å²) in [7, 11) is 0. The maximum Gasteiger partial charge on any atom is 0.223 e. The van der Waals surface area contributed by atoms with Crippen molar-refractivity contribution in [3.8, 4) is 12.3 Å². The molecule has 4 heteroatoms. The maximum absolute atomic E-state index is 5.31. The lowest BCUT2D eigenvalue weighted by Gasteiger charge is -1.94. The molecule has 1 heterocycles. The molecule has 0 spiro atoms. The largest absolute Gasteiger partial charge is 0.383 e. The number of anilines is 2. The van der Waals surface area contributed by atoms with Gasteiger partial charge in [0, 0.05) is 6.07 Å². The zero-order chi connectivity index (χ0) is 7.56. The van der Waals surface area contributed by atoms with E-state index in [0.29, 0.717) is 11.5 Å². The Balaban J connectivity index is 3.22. The summed E-state index contributed by atoms with van der Waals surface area (Å²) in [5, 5.41) is 0. The summed E-state index contributed by atoms with van der Waals surface area (Å²) in [5.41, 5.74) is 11.0. The third-order valence-corrected chi connectivity index (χ3v) is 0.911. The third-order valence-electron chi connectivity index (χ3n) is 0.911. The molecule has 4 nitrogen and oxygen atoms in total. The Kier molecular flexibility index (Phi) is 1.42. The van der Waals surface area contributed by atoms with Crippen molar-refractivity contribution in [3.63, 3.8) is 0 Å². The summed E-state index contributed by atoms with van der Waals surface area (Å²) in [5.74, 6) is 2.69. The average Bonchev–Trinajstić information content (AvgIpc) is 1.85. The van der Waals surface area contributed by atoms with E-state index in [0.717, 1.165) is 0 Å². The van der Waals surface area contributed by atoms with Crippen LogP contribution in [0, 0.1) is 12.3 Å². The van der Waals surface area contributed by atoms with Crippen LogP contribution in [0.2, 0.25) is 0 Å². The fourth-order valence-electron chi connectivity index (χ4n) is 0.559. The molecule has 0 saturated carbocycles. The van der Waals surface area contributed by atoms with Gasteiger partial charge in [0.05, 0.1) is 0 Å². The number of nitrogens with zero attached hydrogens (tertiary/aromatic N) is 2. The van der Waals surface area contributed by atoms with E-state index in [2.05, 4.69) is 15.9 Å². The first-order valence-corrected chi connectivity index (χ1v) is 2.59. The van der Waals surface area contributed by atoms with Gasteiger partial charge in [-0.05, 0) is 5.92 Å². The van der Waals surface area contributed by atoms with Gasteiger partial charge in [0.2, 0.25) is 5.95 Å². The molecule has 0 amide bonds. The van der Waals surface area contributed by atoms with Gasteiger partial charge in [-0.2, -0.15) is 4.98 Å². The van der Waals surface area contributed by atoms with E-state index < -0.39 is 0 Å². The van der Waals surface area contributed by atoms with Gasteiger partial charge < -0.3 is 11.5 Å². The minimum absolute atomic E-state index is 0.105. The molecule has 0 aromatic carbocycles. The van der Waals surface area contributed by atoms with Gasteiger partial charge in [-0.15, -0.1) is 6.42 Å². The van der Waals surface area contributed by atoms with E-state index in [1.54, 1.807) is 0 Å². The lowest BCUT2D eigenvalue weighted by atomic mass is 10.4. The Labute approximate surface area is 58.3 Å². The van der Waals surface area contributed by atoms with Crippen LogP contribution in [0.3, 0.4) is 0 Å². The smallest absolute Gasteiger partial charge is 0.223 e. The van der Waals surface area contributed by atoms with Crippen molar-refractivity contribution in [3.05, 3.63) is 11.8 Å². The molecule has 10 heavy (non-hydrogen) atoms. The first-order valence-electron chi connectivity index (χ1n) is 2.59. The number of terminal acetylenes is 1. The summed E-state index contributed by atoms with van der Waals surface area (Å²) in [6.07, 6.45) is 5.04. The summed E-state index contributed by atoms with van der Waals surface area (Å²) in [6, 6.07) is 1.48. The summed E-state index contributed by atoms with van der Waals surface area (Å²) in [6.45, 7) is 0. The predicted molar refractivity (Wildman–Crippen MR) is 38.8 cm³/mol. The summed E-state index contributed by atoms with van der Waals surface area (Å²) < 4.78 is 0. The molecule has 0 aliphatic rings. The van der Waals surface area contributed by atoms with Crippen LogP contribution in [0.15, 0.2) is 6.07 Å². The topological polar surface area (TPSA) is 77.8 Å². The van der Waals surface area contributed by atoms with Crippen molar-refractivity contribution in [2.24, 2.45) is 0 Å². The molecule has 0 aliphatic heterocycles. The molecule has 0 bridgehead atoms. The average molecular weight is 134 g/mol. The quantitative estimate of drug-likeness (QED) is 0.474. The highest BCUT2D eigenvalue weighted by Gasteiger charge is 1.94. The second-order valence-corrected chi connectivity index (χ2v) is 1.68. The number of nitrogens with two attached hydrogens (primary N) is 2. The van der Waals surface area contributed by atoms with E-state index in [-0.39, 0.29) is 5.95 Å². The molecule has 1 rings (SSSR count).